The molecule has 3 aromatic carbocycles. The third kappa shape index (κ3) is 4.94. The molecule has 0 bridgehead atoms. The van der Waals surface area contributed by atoms with Crippen molar-refractivity contribution in [2.24, 2.45) is 5.73 Å². The monoisotopic (exact) mass is 331 g/mol. The molecule has 2 heteroatoms. The minimum absolute atomic E-state index is 0.294. The van der Waals surface area contributed by atoms with Crippen molar-refractivity contribution < 1.29 is 4.74 Å². The normalized spacial score (nSPS) is 11.9. The first-order valence-electron chi connectivity index (χ1n) is 8.77. The fourth-order valence-electron chi connectivity index (χ4n) is 3.06. The summed E-state index contributed by atoms with van der Waals surface area (Å²) in [6.07, 6.45) is 0.945. The highest BCUT2D eigenvalue weighted by atomic mass is 16.5. The van der Waals surface area contributed by atoms with Crippen LogP contribution in [0.4, 0.5) is 0 Å². The van der Waals surface area contributed by atoms with E-state index < -0.39 is 0 Å². The lowest BCUT2D eigenvalue weighted by atomic mass is 9.91. The van der Waals surface area contributed by atoms with Crippen LogP contribution in [0.5, 0.6) is 5.75 Å². The van der Waals surface area contributed by atoms with Crippen LogP contribution in [0.15, 0.2) is 78.9 Å². The molecule has 0 heterocycles. The Morgan fingerprint density at radius 1 is 0.840 bits per heavy atom. The van der Waals surface area contributed by atoms with Crippen LogP contribution >= 0.6 is 0 Å². The lowest BCUT2D eigenvalue weighted by molar-refractivity contribution is 0.305. The number of aryl methyl sites for hydroxylation is 1. The predicted molar refractivity (Wildman–Crippen MR) is 104 cm³/mol. The van der Waals surface area contributed by atoms with E-state index in [1.165, 1.54) is 22.3 Å². The first-order chi connectivity index (χ1) is 12.2. The topological polar surface area (TPSA) is 35.2 Å². The highest BCUT2D eigenvalue weighted by Crippen LogP contribution is 2.24. The van der Waals surface area contributed by atoms with Gasteiger partial charge in [0.1, 0.15) is 12.4 Å². The highest BCUT2D eigenvalue weighted by molar-refractivity contribution is 5.33. The lowest BCUT2D eigenvalue weighted by Gasteiger charge is -2.17. The van der Waals surface area contributed by atoms with Gasteiger partial charge in [0, 0.05) is 5.92 Å². The van der Waals surface area contributed by atoms with E-state index in [1.807, 2.05) is 24.3 Å². The molecule has 3 rings (SSSR count). The van der Waals surface area contributed by atoms with Crippen molar-refractivity contribution in [3.05, 3.63) is 101 Å². The number of ether oxygens (including phenoxy) is 1. The van der Waals surface area contributed by atoms with Gasteiger partial charge in [0.15, 0.2) is 0 Å². The molecule has 1 atom stereocenters. The Balaban J connectivity index is 1.70. The summed E-state index contributed by atoms with van der Waals surface area (Å²) in [5.41, 5.74) is 11.1. The number of hydrogen-bond acceptors (Lipinski definition) is 2. The van der Waals surface area contributed by atoms with Gasteiger partial charge in [-0.25, -0.2) is 0 Å². The molecule has 128 valence electrons. The van der Waals surface area contributed by atoms with Crippen molar-refractivity contribution in [3.8, 4) is 5.75 Å². The van der Waals surface area contributed by atoms with Gasteiger partial charge in [-0.15, -0.1) is 0 Å². The van der Waals surface area contributed by atoms with E-state index in [4.69, 9.17) is 10.5 Å². The third-order valence-corrected chi connectivity index (χ3v) is 4.43. The molecule has 0 saturated carbocycles. The second kappa shape index (κ2) is 8.50. The van der Waals surface area contributed by atoms with E-state index in [-0.39, 0.29) is 0 Å². The molecule has 0 saturated heterocycles. The van der Waals surface area contributed by atoms with Gasteiger partial charge in [-0.1, -0.05) is 72.3 Å². The maximum absolute atomic E-state index is 6.06. The van der Waals surface area contributed by atoms with Crippen LogP contribution in [0.1, 0.15) is 28.2 Å². The predicted octanol–water partition coefficient (Wildman–Crippen LogP) is 4.86. The Morgan fingerprint density at radius 2 is 1.60 bits per heavy atom. The van der Waals surface area contributed by atoms with Crippen molar-refractivity contribution in [3.63, 3.8) is 0 Å². The largest absolute Gasteiger partial charge is 0.489 e. The van der Waals surface area contributed by atoms with Gasteiger partial charge in [-0.3, -0.25) is 0 Å². The Morgan fingerprint density at radius 3 is 2.36 bits per heavy atom. The Labute approximate surface area is 150 Å². The van der Waals surface area contributed by atoms with E-state index in [9.17, 15) is 0 Å². The Kier molecular flexibility index (Phi) is 5.86. The summed E-state index contributed by atoms with van der Waals surface area (Å²) in [6.45, 7) is 3.32. The standard InChI is InChI=1S/C23H25NO/c1-18-7-5-10-20(13-18)14-22(16-24)21-11-6-12-23(15-21)25-17-19-8-3-2-4-9-19/h2-13,15,22H,14,16-17,24H2,1H3. The van der Waals surface area contributed by atoms with Gasteiger partial charge < -0.3 is 10.5 Å². The van der Waals surface area contributed by atoms with Crippen molar-refractivity contribution in [2.75, 3.05) is 6.54 Å². The number of rotatable bonds is 7. The first kappa shape index (κ1) is 17.2. The molecular weight excluding hydrogens is 306 g/mol. The zero-order valence-corrected chi connectivity index (χ0v) is 14.7. The SMILES string of the molecule is Cc1cccc(CC(CN)c2cccc(OCc3ccccc3)c2)c1. The molecule has 3 aromatic rings. The highest BCUT2D eigenvalue weighted by Gasteiger charge is 2.12. The minimum atomic E-state index is 0.294. The van der Waals surface area contributed by atoms with E-state index in [0.717, 1.165) is 12.2 Å². The summed E-state index contributed by atoms with van der Waals surface area (Å²) < 4.78 is 5.96. The lowest BCUT2D eigenvalue weighted by Crippen LogP contribution is -2.15. The molecule has 2 nitrogen and oxygen atoms in total. The third-order valence-electron chi connectivity index (χ3n) is 4.43. The van der Waals surface area contributed by atoms with E-state index in [2.05, 4.69) is 61.5 Å². The van der Waals surface area contributed by atoms with Gasteiger partial charge >= 0.3 is 0 Å². The van der Waals surface area contributed by atoms with Gasteiger partial charge in [0.25, 0.3) is 0 Å². The van der Waals surface area contributed by atoms with Gasteiger partial charge in [0.2, 0.25) is 0 Å². The van der Waals surface area contributed by atoms with Crippen LogP contribution in [0.3, 0.4) is 0 Å². The Hall–Kier alpha value is -2.58. The molecule has 0 spiro atoms. The van der Waals surface area contributed by atoms with E-state index in [1.54, 1.807) is 0 Å². The molecule has 0 aromatic heterocycles. The first-order valence-corrected chi connectivity index (χ1v) is 8.77. The van der Waals surface area contributed by atoms with Crippen LogP contribution in [-0.2, 0) is 13.0 Å². The molecule has 1 unspecified atom stereocenters. The summed E-state index contributed by atoms with van der Waals surface area (Å²) >= 11 is 0. The maximum Gasteiger partial charge on any atom is 0.120 e. The van der Waals surface area contributed by atoms with Crippen LogP contribution in [0.2, 0.25) is 0 Å². The fraction of sp³-hybridized carbons (Fsp3) is 0.217. The van der Waals surface area contributed by atoms with Gasteiger partial charge in [0.05, 0.1) is 0 Å². The van der Waals surface area contributed by atoms with Gasteiger partial charge in [-0.05, 0) is 48.7 Å². The van der Waals surface area contributed by atoms with Crippen molar-refractivity contribution in [2.45, 2.75) is 25.9 Å². The summed E-state index contributed by atoms with van der Waals surface area (Å²) in [7, 11) is 0. The second-order valence-electron chi connectivity index (χ2n) is 6.47. The fourth-order valence-corrected chi connectivity index (χ4v) is 3.06. The molecule has 0 fully saturated rings. The summed E-state index contributed by atoms with van der Waals surface area (Å²) in [4.78, 5) is 0. The average Bonchev–Trinajstić information content (AvgIpc) is 2.65. The summed E-state index contributed by atoms with van der Waals surface area (Å²) in [6, 6.07) is 27.2. The minimum Gasteiger partial charge on any atom is -0.489 e. The van der Waals surface area contributed by atoms with Crippen LogP contribution in [-0.4, -0.2) is 6.54 Å². The maximum atomic E-state index is 6.06. The van der Waals surface area contributed by atoms with Crippen LogP contribution < -0.4 is 10.5 Å². The molecule has 25 heavy (non-hydrogen) atoms. The average molecular weight is 331 g/mol. The number of nitrogens with two attached hydrogens (primary N) is 1. The van der Waals surface area contributed by atoms with Crippen LogP contribution in [0, 0.1) is 6.92 Å². The quantitative estimate of drug-likeness (QED) is 0.671. The Bertz CT molecular complexity index is 798. The number of hydrogen-bond donors (Lipinski definition) is 1. The molecule has 2 N–H and O–H groups in total. The zero-order chi connectivity index (χ0) is 17.5. The van der Waals surface area contributed by atoms with Gasteiger partial charge in [-0.2, -0.15) is 0 Å². The van der Waals surface area contributed by atoms with Crippen molar-refractivity contribution in [1.82, 2.24) is 0 Å². The second-order valence-corrected chi connectivity index (χ2v) is 6.47. The smallest absolute Gasteiger partial charge is 0.120 e. The molecular formula is C23H25NO. The van der Waals surface area contributed by atoms with E-state index >= 15 is 0 Å². The van der Waals surface area contributed by atoms with Crippen molar-refractivity contribution >= 4 is 0 Å². The summed E-state index contributed by atoms with van der Waals surface area (Å²) in [5, 5.41) is 0. The van der Waals surface area contributed by atoms with E-state index in [0.29, 0.717) is 19.1 Å². The summed E-state index contributed by atoms with van der Waals surface area (Å²) in [5.74, 6) is 1.19. The molecule has 0 radical (unpaired) electrons. The molecule has 0 aliphatic rings. The van der Waals surface area contributed by atoms with Crippen LogP contribution in [0.25, 0.3) is 0 Å². The molecule has 0 aliphatic heterocycles. The zero-order valence-electron chi connectivity index (χ0n) is 14.7. The number of benzene rings is 3. The van der Waals surface area contributed by atoms with Crippen molar-refractivity contribution in [1.29, 1.82) is 0 Å². The molecule has 0 amide bonds. The molecule has 0 aliphatic carbocycles.